The highest BCUT2D eigenvalue weighted by Crippen LogP contribution is 2.38. The SMILES string of the molecule is CC/C=C\C/C=C\C/C=C\C/C=C\C/C=C\C/C=C\C/C=C\C/C=C\C/C=C\CCCCCCCCCCCC(=O)NC(COP(=O)([O-])OCC[N+](C)(C)C)C(O)CCCCCCCCCCCCCCCCCCCCCCCCCCCCC. The molecule has 0 aliphatic rings. The zero-order chi connectivity index (χ0) is 62.6. The Balaban J connectivity index is 4.09. The fraction of sp³-hybridized carbons (Fsp3) is 0.753. The molecule has 0 aromatic carbocycles. The third-order valence-corrected chi connectivity index (χ3v) is 17.0. The van der Waals surface area contributed by atoms with E-state index in [1.807, 2.05) is 21.1 Å². The summed E-state index contributed by atoms with van der Waals surface area (Å²) in [5.74, 6) is -0.171. The summed E-state index contributed by atoms with van der Waals surface area (Å²) in [5, 5.41) is 14.1. The van der Waals surface area contributed by atoms with Gasteiger partial charge in [-0.05, 0) is 83.5 Å². The largest absolute Gasteiger partial charge is 0.756 e. The van der Waals surface area contributed by atoms with Crippen LogP contribution in [0.5, 0.6) is 0 Å². The molecule has 9 heteroatoms. The number of rotatable bonds is 66. The molecule has 86 heavy (non-hydrogen) atoms. The molecule has 0 saturated carbocycles. The molecule has 0 aromatic heterocycles. The van der Waals surface area contributed by atoms with Gasteiger partial charge in [0.15, 0.2) is 0 Å². The first kappa shape index (κ1) is 83.2. The van der Waals surface area contributed by atoms with Crippen LogP contribution in [-0.2, 0) is 18.4 Å². The van der Waals surface area contributed by atoms with E-state index in [9.17, 15) is 19.4 Å². The van der Waals surface area contributed by atoms with Crippen LogP contribution in [0.4, 0.5) is 0 Å². The Labute approximate surface area is 533 Å². The van der Waals surface area contributed by atoms with Crippen LogP contribution in [0, 0.1) is 0 Å². The summed E-state index contributed by atoms with van der Waals surface area (Å²) in [7, 11) is 1.30. The third kappa shape index (κ3) is 68.6. The van der Waals surface area contributed by atoms with Gasteiger partial charge in [0, 0.05) is 6.42 Å². The monoisotopic (exact) mass is 1220 g/mol. The van der Waals surface area contributed by atoms with Gasteiger partial charge >= 0.3 is 0 Å². The molecular formula is C77H139N2O6P. The molecule has 0 heterocycles. The van der Waals surface area contributed by atoms with Crippen LogP contribution in [0.3, 0.4) is 0 Å². The summed E-state index contributed by atoms with van der Waals surface area (Å²) < 4.78 is 23.5. The second-order valence-electron chi connectivity index (χ2n) is 25.6. The predicted molar refractivity (Wildman–Crippen MR) is 376 cm³/mol. The number of aliphatic hydroxyl groups is 1. The molecule has 498 valence electrons. The lowest BCUT2D eigenvalue weighted by Gasteiger charge is -2.30. The van der Waals surface area contributed by atoms with Gasteiger partial charge in [-0.3, -0.25) is 9.36 Å². The number of nitrogens with one attached hydrogen (secondary N) is 1. The number of quaternary nitrogens is 1. The van der Waals surface area contributed by atoms with Gasteiger partial charge in [-0.2, -0.15) is 0 Å². The number of likely N-dealkylation sites (N-methyl/N-ethyl adjacent to an activating group) is 1. The Hall–Kier alpha value is -2.84. The molecule has 3 unspecified atom stereocenters. The quantitative estimate of drug-likeness (QED) is 0.0272. The fourth-order valence-electron chi connectivity index (χ4n) is 10.4. The molecule has 0 spiro atoms. The van der Waals surface area contributed by atoms with Crippen molar-refractivity contribution < 1.29 is 32.9 Å². The maximum Gasteiger partial charge on any atom is 0.268 e. The van der Waals surface area contributed by atoms with E-state index in [1.165, 1.54) is 193 Å². The lowest BCUT2D eigenvalue weighted by atomic mass is 10.0. The van der Waals surface area contributed by atoms with E-state index in [-0.39, 0.29) is 19.1 Å². The molecule has 0 bridgehead atoms. The molecule has 1 amide bonds. The van der Waals surface area contributed by atoms with E-state index >= 15 is 0 Å². The zero-order valence-electron chi connectivity index (χ0n) is 57.0. The van der Waals surface area contributed by atoms with Gasteiger partial charge in [-0.1, -0.05) is 342 Å². The predicted octanol–water partition coefficient (Wildman–Crippen LogP) is 22.8. The van der Waals surface area contributed by atoms with Gasteiger partial charge in [0.05, 0.1) is 39.9 Å². The van der Waals surface area contributed by atoms with Crippen molar-refractivity contribution in [1.82, 2.24) is 5.32 Å². The van der Waals surface area contributed by atoms with Crippen molar-refractivity contribution in [1.29, 1.82) is 0 Å². The standard InChI is InChI=1S/C77H139N2O6P/c1-6-8-10-12-14-16-18-20-22-24-26-28-30-32-34-35-36-37-38-39-40-41-42-43-45-47-49-51-53-55-57-59-61-63-65-67-69-71-77(81)78-75(74-85-86(82,83)84-73-72-79(3,4)5)76(80)70-68-66-64-62-60-58-56-54-52-50-48-46-44-33-31-29-27-25-23-21-19-17-15-13-11-9-7-2/h8,10,14,16,20,22,26,28,32,34,36-37,39-40,42-43,47,49,75-76,80H,6-7,9,11-13,15,17-19,21,23-25,27,29-31,33,35,38,41,44-46,48,50-74H2,1-5H3,(H-,78,81,82,83)/b10-8-,16-14-,22-20-,28-26-,34-32-,37-36-,40-39-,43-42-,49-47-. The fourth-order valence-corrected chi connectivity index (χ4v) is 11.2. The average molecular weight is 1220 g/mol. The van der Waals surface area contributed by atoms with Crippen LogP contribution < -0.4 is 10.2 Å². The number of phosphoric ester groups is 1. The first-order chi connectivity index (χ1) is 42.0. The van der Waals surface area contributed by atoms with Crippen LogP contribution in [0.25, 0.3) is 0 Å². The molecule has 0 fully saturated rings. The normalized spacial score (nSPS) is 14.3. The van der Waals surface area contributed by atoms with Gasteiger partial charge in [-0.15, -0.1) is 0 Å². The molecule has 0 aliphatic heterocycles. The minimum Gasteiger partial charge on any atom is -0.756 e. The molecule has 0 rings (SSSR count). The first-order valence-corrected chi connectivity index (χ1v) is 37.7. The average Bonchev–Trinajstić information content (AvgIpc) is 3.70. The summed E-state index contributed by atoms with van der Waals surface area (Å²) in [4.78, 5) is 25.7. The lowest BCUT2D eigenvalue weighted by molar-refractivity contribution is -0.870. The second-order valence-corrected chi connectivity index (χ2v) is 27.0. The van der Waals surface area contributed by atoms with Crippen LogP contribution >= 0.6 is 7.82 Å². The molecule has 3 atom stereocenters. The summed E-state index contributed by atoms with van der Waals surface area (Å²) in [6.07, 6.45) is 97.3. The van der Waals surface area contributed by atoms with Crippen molar-refractivity contribution in [3.05, 3.63) is 109 Å². The number of carbonyl (C=O) groups is 1. The van der Waals surface area contributed by atoms with Crippen LogP contribution in [-0.4, -0.2) is 68.5 Å². The maximum absolute atomic E-state index is 13.1. The number of hydrogen-bond acceptors (Lipinski definition) is 6. The van der Waals surface area contributed by atoms with E-state index in [1.54, 1.807) is 0 Å². The van der Waals surface area contributed by atoms with Crippen molar-refractivity contribution >= 4 is 13.7 Å². The zero-order valence-corrected chi connectivity index (χ0v) is 57.9. The summed E-state index contributed by atoms with van der Waals surface area (Å²) >= 11 is 0. The van der Waals surface area contributed by atoms with E-state index < -0.39 is 20.0 Å². The van der Waals surface area contributed by atoms with E-state index in [0.717, 1.165) is 103 Å². The summed E-state index contributed by atoms with van der Waals surface area (Å²) in [5.41, 5.74) is 0. The Kier molecular flexibility index (Phi) is 64.4. The molecule has 0 aliphatic carbocycles. The molecule has 0 saturated heterocycles. The van der Waals surface area contributed by atoms with Crippen molar-refractivity contribution in [2.24, 2.45) is 0 Å². The molecule has 2 N–H and O–H groups in total. The number of aliphatic hydroxyl groups excluding tert-OH is 1. The van der Waals surface area contributed by atoms with E-state index in [2.05, 4.69) is 129 Å². The van der Waals surface area contributed by atoms with Crippen molar-refractivity contribution in [2.75, 3.05) is 40.9 Å². The van der Waals surface area contributed by atoms with Crippen molar-refractivity contribution in [3.8, 4) is 0 Å². The smallest absolute Gasteiger partial charge is 0.268 e. The Bertz CT molecular complexity index is 1770. The topological polar surface area (TPSA) is 108 Å². The summed E-state index contributed by atoms with van der Waals surface area (Å²) in [6, 6.07) is -0.813. The van der Waals surface area contributed by atoms with Crippen molar-refractivity contribution in [2.45, 2.75) is 334 Å². The molecule has 0 radical (unpaired) electrons. The Morgan fingerprint density at radius 1 is 0.419 bits per heavy atom. The Morgan fingerprint density at radius 2 is 0.709 bits per heavy atom. The van der Waals surface area contributed by atoms with Crippen LogP contribution in [0.2, 0.25) is 0 Å². The van der Waals surface area contributed by atoms with E-state index in [4.69, 9.17) is 9.05 Å². The first-order valence-electron chi connectivity index (χ1n) is 36.2. The van der Waals surface area contributed by atoms with Crippen LogP contribution in [0.15, 0.2) is 109 Å². The van der Waals surface area contributed by atoms with Crippen molar-refractivity contribution in [3.63, 3.8) is 0 Å². The highest BCUT2D eigenvalue weighted by molar-refractivity contribution is 7.45. The number of phosphoric acid groups is 1. The number of hydrogen-bond donors (Lipinski definition) is 2. The Morgan fingerprint density at radius 3 is 1.03 bits per heavy atom. The highest BCUT2D eigenvalue weighted by Gasteiger charge is 2.24. The van der Waals surface area contributed by atoms with Crippen LogP contribution in [0.1, 0.15) is 322 Å². The second kappa shape index (κ2) is 66.6. The highest BCUT2D eigenvalue weighted by atomic mass is 31.2. The number of amides is 1. The van der Waals surface area contributed by atoms with Gasteiger partial charge in [0.25, 0.3) is 7.82 Å². The van der Waals surface area contributed by atoms with Gasteiger partial charge < -0.3 is 28.8 Å². The molecular weight excluding hydrogens is 1080 g/mol. The number of nitrogens with zero attached hydrogens (tertiary/aromatic N) is 1. The third-order valence-electron chi connectivity index (χ3n) is 16.0. The number of unbranched alkanes of at least 4 members (excludes halogenated alkanes) is 35. The summed E-state index contributed by atoms with van der Waals surface area (Å²) in [6.45, 7) is 4.63. The van der Waals surface area contributed by atoms with Gasteiger partial charge in [-0.25, -0.2) is 0 Å². The molecule has 8 nitrogen and oxygen atoms in total. The number of allylic oxidation sites excluding steroid dienone is 18. The van der Waals surface area contributed by atoms with Gasteiger partial charge in [0.1, 0.15) is 13.2 Å². The molecule has 0 aromatic rings. The maximum atomic E-state index is 13.1. The van der Waals surface area contributed by atoms with E-state index in [0.29, 0.717) is 23.9 Å². The minimum atomic E-state index is -4.59. The number of carbonyl (C=O) groups excluding carboxylic acids is 1. The minimum absolute atomic E-state index is 0.00683. The lowest BCUT2D eigenvalue weighted by Crippen LogP contribution is -2.46. The van der Waals surface area contributed by atoms with Gasteiger partial charge in [0.2, 0.25) is 5.91 Å².